The summed E-state index contributed by atoms with van der Waals surface area (Å²) in [7, 11) is -2.26. The fraction of sp³-hybridized carbons (Fsp3) is 0.469. The van der Waals surface area contributed by atoms with Crippen LogP contribution in [0.3, 0.4) is 0 Å². The number of carbonyl (C=O) groups excluding carboxylic acids is 2. The lowest BCUT2D eigenvalue weighted by molar-refractivity contribution is -0.128. The number of imidazole rings is 1. The molecule has 1 aliphatic carbocycles. The lowest BCUT2D eigenvalue weighted by Crippen LogP contribution is -2.44. The normalized spacial score (nSPS) is 21.7. The summed E-state index contributed by atoms with van der Waals surface area (Å²) < 4.78 is 33.4. The Labute approximate surface area is 248 Å². The first-order valence-corrected chi connectivity index (χ1v) is 16.5. The van der Waals surface area contributed by atoms with Gasteiger partial charge in [-0.2, -0.15) is 0 Å². The van der Waals surface area contributed by atoms with Crippen LogP contribution in [0.5, 0.6) is 0 Å². The predicted molar refractivity (Wildman–Crippen MR) is 163 cm³/mol. The standard InChI is InChI=1S/C32H40N4O5S/c1-5-16-32(30(37)34-42(4,39)40)17-13-25(14-18-32)29-33-28-26-21-35(31(38)41-3)19-15-24(26)11-12-27(28)36(29)22(2)20-23-9-7-6-8-10-23/h5-12,16,22,25H,13-15,17-21H2,1-4H3,(H,34,37)/b16-5-/t22-,25-,32+/m0/s1. The number of fused-ring (bicyclic) bond motifs is 3. The van der Waals surface area contributed by atoms with Crippen molar-refractivity contribution in [2.45, 2.75) is 70.9 Å². The van der Waals surface area contributed by atoms with Crippen LogP contribution in [0.4, 0.5) is 4.79 Å². The van der Waals surface area contributed by atoms with Gasteiger partial charge < -0.3 is 14.2 Å². The lowest BCUT2D eigenvalue weighted by Gasteiger charge is -2.37. The molecule has 1 aromatic heterocycles. The van der Waals surface area contributed by atoms with E-state index in [0.717, 1.165) is 41.5 Å². The molecule has 42 heavy (non-hydrogen) atoms. The maximum Gasteiger partial charge on any atom is 0.409 e. The predicted octanol–water partition coefficient (Wildman–Crippen LogP) is 5.26. The van der Waals surface area contributed by atoms with Crippen LogP contribution in [0, 0.1) is 5.41 Å². The lowest BCUT2D eigenvalue weighted by atomic mass is 9.69. The van der Waals surface area contributed by atoms with Crippen molar-refractivity contribution in [3.05, 3.63) is 77.1 Å². The second kappa shape index (κ2) is 11.9. The van der Waals surface area contributed by atoms with Gasteiger partial charge in [-0.05, 0) is 69.6 Å². The Hall–Kier alpha value is -3.66. The van der Waals surface area contributed by atoms with Crippen molar-refractivity contribution in [3.8, 4) is 0 Å². The molecule has 1 fully saturated rings. The third-order valence-corrected chi connectivity index (χ3v) is 9.35. The van der Waals surface area contributed by atoms with Crippen LogP contribution in [0.15, 0.2) is 54.6 Å². The molecule has 2 heterocycles. The molecule has 1 aliphatic heterocycles. The van der Waals surface area contributed by atoms with Gasteiger partial charge in [-0.3, -0.25) is 9.52 Å². The zero-order chi connectivity index (χ0) is 30.1. The molecule has 3 aromatic rings. The van der Waals surface area contributed by atoms with Gasteiger partial charge in [0.2, 0.25) is 15.9 Å². The molecule has 0 radical (unpaired) electrons. The van der Waals surface area contributed by atoms with Crippen molar-refractivity contribution in [1.82, 2.24) is 19.2 Å². The number of allylic oxidation sites excluding steroid dienone is 1. The van der Waals surface area contributed by atoms with E-state index in [1.54, 1.807) is 4.90 Å². The minimum atomic E-state index is -3.67. The molecule has 5 rings (SSSR count). The van der Waals surface area contributed by atoms with E-state index in [1.807, 2.05) is 25.1 Å². The van der Waals surface area contributed by atoms with E-state index in [0.29, 0.717) is 38.8 Å². The molecular formula is C32H40N4O5S. The van der Waals surface area contributed by atoms with E-state index < -0.39 is 21.3 Å². The van der Waals surface area contributed by atoms with Crippen LogP contribution < -0.4 is 4.72 Å². The average molecular weight is 593 g/mol. The molecule has 0 unspecified atom stereocenters. The largest absolute Gasteiger partial charge is 0.453 e. The summed E-state index contributed by atoms with van der Waals surface area (Å²) >= 11 is 0. The van der Waals surface area contributed by atoms with Crippen molar-refractivity contribution in [3.63, 3.8) is 0 Å². The average Bonchev–Trinajstić information content (AvgIpc) is 3.37. The van der Waals surface area contributed by atoms with Gasteiger partial charge in [-0.25, -0.2) is 18.2 Å². The summed E-state index contributed by atoms with van der Waals surface area (Å²) in [6.07, 6.45) is 8.36. The number of carbonyl (C=O) groups is 2. The van der Waals surface area contributed by atoms with E-state index in [1.165, 1.54) is 18.2 Å². The zero-order valence-corrected chi connectivity index (χ0v) is 25.6. The van der Waals surface area contributed by atoms with Crippen LogP contribution in [0.1, 0.15) is 74.0 Å². The third-order valence-electron chi connectivity index (χ3n) is 8.80. The topological polar surface area (TPSA) is 111 Å². The Kier molecular flexibility index (Phi) is 8.46. The SMILES string of the molecule is C/C=C\[C@]1(C(=O)NS(C)(=O)=O)CC[C@@H](c2nc3c4c(ccc3n2[C@@H](C)Cc2ccccc2)CCN(C(=O)OC)C4)CC1. The van der Waals surface area contributed by atoms with Crippen LogP contribution >= 0.6 is 0 Å². The number of hydrogen-bond donors (Lipinski definition) is 1. The summed E-state index contributed by atoms with van der Waals surface area (Å²) in [6, 6.07) is 14.8. The highest BCUT2D eigenvalue weighted by Crippen LogP contribution is 2.46. The first kappa shape index (κ1) is 29.8. The summed E-state index contributed by atoms with van der Waals surface area (Å²) in [5, 5.41) is 0. The molecule has 1 N–H and O–H groups in total. The quantitative estimate of drug-likeness (QED) is 0.375. The van der Waals surface area contributed by atoms with Gasteiger partial charge in [0.15, 0.2) is 0 Å². The van der Waals surface area contributed by atoms with E-state index in [9.17, 15) is 18.0 Å². The highest BCUT2D eigenvalue weighted by atomic mass is 32.2. The number of aromatic nitrogens is 2. The highest BCUT2D eigenvalue weighted by molar-refractivity contribution is 7.89. The Morgan fingerprint density at radius 1 is 1.17 bits per heavy atom. The summed E-state index contributed by atoms with van der Waals surface area (Å²) in [4.78, 5) is 32.6. The van der Waals surface area contributed by atoms with Gasteiger partial charge in [0.05, 0.1) is 36.4 Å². The molecule has 1 atom stereocenters. The first-order valence-electron chi connectivity index (χ1n) is 14.6. The molecule has 0 spiro atoms. The Morgan fingerprint density at radius 2 is 1.88 bits per heavy atom. The molecular weight excluding hydrogens is 552 g/mol. The minimum absolute atomic E-state index is 0.0935. The maximum atomic E-state index is 13.2. The fourth-order valence-electron chi connectivity index (χ4n) is 6.74. The summed E-state index contributed by atoms with van der Waals surface area (Å²) in [5.41, 5.74) is 4.57. The number of ether oxygens (including phenoxy) is 1. The van der Waals surface area contributed by atoms with Gasteiger partial charge in [-0.15, -0.1) is 0 Å². The monoisotopic (exact) mass is 592 g/mol. The zero-order valence-electron chi connectivity index (χ0n) is 24.8. The number of amides is 2. The molecule has 10 heteroatoms. The van der Waals surface area contributed by atoms with Gasteiger partial charge in [0.25, 0.3) is 0 Å². The van der Waals surface area contributed by atoms with Gasteiger partial charge in [0.1, 0.15) is 5.82 Å². The number of benzene rings is 2. The van der Waals surface area contributed by atoms with Crippen LogP contribution in [-0.4, -0.2) is 54.8 Å². The van der Waals surface area contributed by atoms with Gasteiger partial charge >= 0.3 is 6.09 Å². The second-order valence-corrected chi connectivity index (χ2v) is 13.5. The van der Waals surface area contributed by atoms with Crippen LogP contribution in [0.2, 0.25) is 0 Å². The fourth-order valence-corrected chi connectivity index (χ4v) is 7.28. The molecule has 9 nitrogen and oxygen atoms in total. The van der Waals surface area contributed by atoms with Crippen LogP contribution in [0.25, 0.3) is 11.0 Å². The van der Waals surface area contributed by atoms with Crippen molar-refractivity contribution in [2.24, 2.45) is 5.41 Å². The number of methoxy groups -OCH3 is 1. The van der Waals surface area contributed by atoms with Crippen molar-refractivity contribution < 1.29 is 22.7 Å². The molecule has 2 amide bonds. The smallest absolute Gasteiger partial charge is 0.409 e. The molecule has 0 saturated heterocycles. The van der Waals surface area contributed by atoms with Crippen LogP contribution in [-0.2, 0) is 38.9 Å². The van der Waals surface area contributed by atoms with E-state index in [-0.39, 0.29) is 18.1 Å². The van der Waals surface area contributed by atoms with Crippen molar-refractivity contribution in [1.29, 1.82) is 0 Å². The molecule has 2 aromatic carbocycles. The number of nitrogens with one attached hydrogen (secondary N) is 1. The minimum Gasteiger partial charge on any atom is -0.453 e. The number of sulfonamides is 1. The van der Waals surface area contributed by atoms with Gasteiger partial charge in [0, 0.05) is 24.1 Å². The molecule has 0 bridgehead atoms. The number of nitrogens with zero attached hydrogens (tertiary/aromatic N) is 3. The summed E-state index contributed by atoms with van der Waals surface area (Å²) in [6.45, 7) is 5.12. The Balaban J connectivity index is 1.54. The van der Waals surface area contributed by atoms with E-state index in [2.05, 4.69) is 52.6 Å². The first-order chi connectivity index (χ1) is 20.0. The van der Waals surface area contributed by atoms with Gasteiger partial charge in [-0.1, -0.05) is 48.6 Å². The van der Waals surface area contributed by atoms with E-state index in [4.69, 9.17) is 9.72 Å². The number of hydrogen-bond acceptors (Lipinski definition) is 6. The van der Waals surface area contributed by atoms with Crippen molar-refractivity contribution >= 4 is 33.1 Å². The van der Waals surface area contributed by atoms with E-state index >= 15 is 0 Å². The third kappa shape index (κ3) is 5.95. The molecule has 2 aliphatic rings. The molecule has 224 valence electrons. The Bertz CT molecular complexity index is 1600. The molecule has 1 saturated carbocycles. The highest BCUT2D eigenvalue weighted by Gasteiger charge is 2.42. The second-order valence-electron chi connectivity index (χ2n) is 11.7. The maximum absolute atomic E-state index is 13.2. The Morgan fingerprint density at radius 3 is 2.52 bits per heavy atom. The summed E-state index contributed by atoms with van der Waals surface area (Å²) in [5.74, 6) is 0.607. The van der Waals surface area contributed by atoms with Crippen molar-refractivity contribution in [2.75, 3.05) is 19.9 Å². The number of rotatable bonds is 7.